The number of quaternary nitrogens is 2. The summed E-state index contributed by atoms with van der Waals surface area (Å²) in [6.07, 6.45) is 25.8. The van der Waals surface area contributed by atoms with E-state index in [9.17, 15) is 4.79 Å². The molecule has 71 heavy (non-hydrogen) atoms. The summed E-state index contributed by atoms with van der Waals surface area (Å²) in [4.78, 5) is 15.7. The molecule has 8 rings (SSSR count). The van der Waals surface area contributed by atoms with Crippen molar-refractivity contribution < 1.29 is 35.7 Å². The van der Waals surface area contributed by atoms with Crippen molar-refractivity contribution in [1.82, 2.24) is 0 Å². The third-order valence-corrected chi connectivity index (χ3v) is 19.0. The van der Waals surface area contributed by atoms with E-state index in [4.69, 9.17) is 12.8 Å². The number of hydrogen-bond acceptors (Lipinski definition) is 3. The molecule has 0 aliphatic heterocycles. The summed E-state index contributed by atoms with van der Waals surface area (Å²) in [5.41, 5.74) is 10.5. The summed E-state index contributed by atoms with van der Waals surface area (Å²) in [5, 5.41) is 0. The SMILES string of the molecule is CCP(CC)CC.CCP(CC)CC.[C]#Cc1ccc(C=C(c2ccc([NH+](c3ccccc3)c3ccccc3)cc2)c2ccc([NH+](c3ccccc3)c3ccccc3)cc2)s1.[C]#Cc1ccc(C=O)s1.[Pt]. The second kappa shape index (κ2) is 32.6. The van der Waals surface area contributed by atoms with Gasteiger partial charge in [0.25, 0.3) is 0 Å². The van der Waals surface area contributed by atoms with Crippen LogP contribution in [0.5, 0.6) is 0 Å². The van der Waals surface area contributed by atoms with Gasteiger partial charge >= 0.3 is 0 Å². The molecule has 8 heteroatoms. The molecule has 0 fully saturated rings. The normalized spacial score (nSPS) is 10.3. The number of carbonyl (C=O) groups excluding carboxylic acids is 1. The van der Waals surface area contributed by atoms with Crippen LogP contribution in [0.3, 0.4) is 0 Å². The average molecular weight is 1190 g/mol. The smallest absolute Gasteiger partial charge is 0.160 e. The topological polar surface area (TPSA) is 26.0 Å². The number of rotatable bonds is 16. The van der Waals surface area contributed by atoms with E-state index < -0.39 is 0 Å². The Labute approximate surface area is 450 Å². The van der Waals surface area contributed by atoms with Crippen molar-refractivity contribution in [1.29, 1.82) is 0 Å². The molecule has 8 aromatic rings. The molecule has 0 saturated carbocycles. The van der Waals surface area contributed by atoms with E-state index in [1.807, 2.05) is 6.07 Å². The minimum Gasteiger partial charge on any atom is -0.297 e. The standard InChI is InChI=1S/C44H31N2S.C7H3OS.2C6H15P.Pt/c1-2-42-31-32-43(47-42)33-44(34-23-27-40(28-24-34)45(36-15-7-3-8-16-36)37-17-9-4-10-18-37)35-25-29-41(30-26-35)46(38-19-11-5-12-20-38)39-21-13-6-14-22-39;1-2-6-3-4-7(5-8)9-6;2*1-4-7(5-2)6-3;/h3-33H;3-5H;2*4-6H2,1-3H3;/p+2. The molecule has 0 spiro atoms. The molecule has 6 aromatic carbocycles. The number of aldehydes is 1. The summed E-state index contributed by atoms with van der Waals surface area (Å²) in [6, 6.07) is 67.6. The Balaban J connectivity index is 0.000000376. The Hall–Kier alpha value is -5.28. The van der Waals surface area contributed by atoms with Crippen LogP contribution >= 0.6 is 38.5 Å². The third-order valence-electron chi connectivity index (χ3n) is 11.8. The fourth-order valence-corrected chi connectivity index (χ4v) is 11.9. The van der Waals surface area contributed by atoms with Crippen LogP contribution in [0.1, 0.15) is 77.0 Å². The van der Waals surface area contributed by atoms with Gasteiger partial charge < -0.3 is 0 Å². The molecule has 2 aromatic heterocycles. The maximum atomic E-state index is 10.1. The Bertz CT molecular complexity index is 2600. The Kier molecular flexibility index (Phi) is 26.8. The summed E-state index contributed by atoms with van der Waals surface area (Å²) in [5.74, 6) is 4.73. The zero-order chi connectivity index (χ0) is 49.9. The molecular formula is C63H66N2OP2PtS2+2. The van der Waals surface area contributed by atoms with Crippen molar-refractivity contribution in [2.45, 2.75) is 41.5 Å². The van der Waals surface area contributed by atoms with Crippen LogP contribution in [0.25, 0.3) is 11.6 Å². The number of benzene rings is 6. The first kappa shape index (κ1) is 58.3. The van der Waals surface area contributed by atoms with Crippen molar-refractivity contribution in [3.05, 3.63) is 238 Å². The molecule has 2 heterocycles. The Morgan fingerprint density at radius 2 is 0.704 bits per heavy atom. The van der Waals surface area contributed by atoms with Gasteiger partial charge in [0.2, 0.25) is 0 Å². The van der Waals surface area contributed by atoms with Crippen LogP contribution in [0, 0.1) is 24.7 Å². The minimum atomic E-state index is 0. The third kappa shape index (κ3) is 18.1. The number of nitrogens with one attached hydrogen (secondary N) is 2. The zero-order valence-corrected chi connectivity index (χ0v) is 47.5. The summed E-state index contributed by atoms with van der Waals surface area (Å²) in [6.45, 7) is 13.7. The van der Waals surface area contributed by atoms with Gasteiger partial charge in [0.05, 0.1) is 14.6 Å². The molecule has 3 nitrogen and oxygen atoms in total. The first-order chi connectivity index (χ1) is 34.3. The monoisotopic (exact) mass is 1190 g/mol. The average Bonchev–Trinajstić information content (AvgIpc) is 4.11. The maximum Gasteiger partial charge on any atom is 0.160 e. The van der Waals surface area contributed by atoms with E-state index >= 15 is 0 Å². The van der Waals surface area contributed by atoms with Gasteiger partial charge in [0.15, 0.2) is 6.29 Å². The summed E-state index contributed by atoms with van der Waals surface area (Å²) < 4.78 is 0. The zero-order valence-electron chi connectivity index (χ0n) is 41.8. The van der Waals surface area contributed by atoms with Gasteiger partial charge in [-0.3, -0.25) is 4.79 Å². The van der Waals surface area contributed by atoms with E-state index in [0.29, 0.717) is 25.6 Å². The van der Waals surface area contributed by atoms with Crippen molar-refractivity contribution in [3.8, 4) is 11.8 Å². The molecule has 0 aliphatic carbocycles. The second-order valence-corrected chi connectivity index (χ2v) is 24.6. The number of carbonyl (C=O) groups is 1. The van der Waals surface area contributed by atoms with E-state index in [0.717, 1.165) is 32.7 Å². The predicted octanol–water partition coefficient (Wildman–Crippen LogP) is 16.2. The van der Waals surface area contributed by atoms with Gasteiger partial charge in [-0.2, -0.15) is 0 Å². The van der Waals surface area contributed by atoms with E-state index in [1.54, 1.807) is 23.5 Å². The van der Waals surface area contributed by atoms with Crippen LogP contribution in [0.4, 0.5) is 34.1 Å². The molecule has 0 unspecified atom stereocenters. The van der Waals surface area contributed by atoms with Gasteiger partial charge in [-0.1, -0.05) is 114 Å². The number of para-hydroxylation sites is 4. The Morgan fingerprint density at radius 3 is 0.944 bits per heavy atom. The van der Waals surface area contributed by atoms with Gasteiger partial charge in [-0.25, -0.2) is 9.80 Å². The van der Waals surface area contributed by atoms with Crippen LogP contribution in [0.2, 0.25) is 0 Å². The fourth-order valence-electron chi connectivity index (χ4n) is 7.85. The molecule has 2 radical (unpaired) electrons. The largest absolute Gasteiger partial charge is 0.297 e. The van der Waals surface area contributed by atoms with Crippen LogP contribution < -0.4 is 9.80 Å². The Morgan fingerprint density at radius 1 is 0.423 bits per heavy atom. The quantitative estimate of drug-likeness (QED) is 0.0563. The molecule has 0 bridgehead atoms. The second-order valence-electron chi connectivity index (χ2n) is 15.9. The van der Waals surface area contributed by atoms with Crippen molar-refractivity contribution >= 4 is 90.6 Å². The number of hydrogen-bond donors (Lipinski definition) is 2. The fraction of sp³-hybridized carbons (Fsp3) is 0.190. The van der Waals surface area contributed by atoms with Crippen molar-refractivity contribution in [2.24, 2.45) is 0 Å². The molecule has 0 saturated heterocycles. The maximum absolute atomic E-state index is 10.1. The number of thiophene rings is 2. The molecule has 0 aliphatic rings. The van der Waals surface area contributed by atoms with Crippen LogP contribution in [0.15, 0.2) is 194 Å². The van der Waals surface area contributed by atoms with Crippen molar-refractivity contribution in [2.75, 3.05) is 37.0 Å². The van der Waals surface area contributed by atoms with Crippen LogP contribution in [-0.2, 0) is 21.1 Å². The molecule has 2 N–H and O–H groups in total. The van der Waals surface area contributed by atoms with E-state index in [-0.39, 0.29) is 21.1 Å². The predicted molar refractivity (Wildman–Crippen MR) is 309 cm³/mol. The van der Waals surface area contributed by atoms with Crippen molar-refractivity contribution in [3.63, 3.8) is 0 Å². The minimum absolute atomic E-state index is 0. The van der Waals surface area contributed by atoms with E-state index in [1.165, 1.54) is 92.2 Å². The molecule has 0 atom stereocenters. The van der Waals surface area contributed by atoms with Gasteiger partial charge in [-0.15, -0.1) is 38.5 Å². The first-order valence-corrected chi connectivity index (χ1v) is 29.6. The molecular weight excluding hydrogens is 1120 g/mol. The van der Waals surface area contributed by atoms with Gasteiger partial charge in [-0.05, 0) is 181 Å². The summed E-state index contributed by atoms with van der Waals surface area (Å²) in [7, 11) is 0.892. The molecule has 364 valence electrons. The van der Waals surface area contributed by atoms with Crippen LogP contribution in [-0.4, -0.2) is 43.3 Å². The van der Waals surface area contributed by atoms with Gasteiger partial charge in [0, 0.05) is 50.2 Å². The van der Waals surface area contributed by atoms with Gasteiger partial charge in [0.1, 0.15) is 34.1 Å². The molecule has 0 amide bonds. The first-order valence-electron chi connectivity index (χ1n) is 24.2. The summed E-state index contributed by atoms with van der Waals surface area (Å²) >= 11 is 2.84. The van der Waals surface area contributed by atoms with E-state index in [2.05, 4.69) is 235 Å².